The molecule has 6 nitrogen and oxygen atoms in total. The molecule has 3 fully saturated rings. The van der Waals surface area contributed by atoms with Crippen LogP contribution in [0.2, 0.25) is 10.0 Å². The monoisotopic (exact) mass is 498 g/mol. The molecule has 34 heavy (non-hydrogen) atoms. The zero-order valence-corrected chi connectivity index (χ0v) is 20.4. The molecule has 0 aromatic heterocycles. The first-order valence-corrected chi connectivity index (χ1v) is 12.2. The molecule has 0 radical (unpaired) electrons. The van der Waals surface area contributed by atoms with Gasteiger partial charge in [0.05, 0.1) is 22.4 Å². The van der Waals surface area contributed by atoms with Gasteiger partial charge in [-0.3, -0.25) is 19.2 Å². The van der Waals surface area contributed by atoms with E-state index < -0.39 is 36.1 Å². The second-order valence-electron chi connectivity index (χ2n) is 9.58. The van der Waals surface area contributed by atoms with Gasteiger partial charge in [0, 0.05) is 10.6 Å². The number of hydrogen-bond donors (Lipinski definition) is 0. The van der Waals surface area contributed by atoms with Crippen LogP contribution in [0, 0.1) is 37.5 Å². The molecule has 4 atom stereocenters. The van der Waals surface area contributed by atoms with Crippen LogP contribution in [-0.2, 0) is 9.59 Å². The van der Waals surface area contributed by atoms with Crippen LogP contribution in [0.4, 0.5) is 0 Å². The summed E-state index contributed by atoms with van der Waals surface area (Å²) < 4.78 is 0. The fourth-order valence-corrected chi connectivity index (χ4v) is 6.30. The molecular weight excluding hydrogens is 475 g/mol. The zero-order valence-electron chi connectivity index (χ0n) is 18.9. The summed E-state index contributed by atoms with van der Waals surface area (Å²) in [5, 5.41) is 2.33. The number of fused-ring (bicyclic) bond motifs is 5. The normalized spacial score (nSPS) is 25.1. The van der Waals surface area contributed by atoms with Crippen LogP contribution in [0.25, 0.3) is 0 Å². The third-order valence-electron chi connectivity index (χ3n) is 7.66. The molecule has 2 bridgehead atoms. The zero-order chi connectivity index (χ0) is 24.3. The number of hydrogen-bond acceptors (Lipinski definition) is 4. The summed E-state index contributed by atoms with van der Waals surface area (Å²) in [4.78, 5) is 53.8. The number of imide groups is 1. The minimum absolute atomic E-state index is 0.0691. The van der Waals surface area contributed by atoms with Crippen molar-refractivity contribution in [3.05, 3.63) is 68.7 Å². The first-order valence-electron chi connectivity index (χ1n) is 11.4. The third-order valence-corrected chi connectivity index (χ3v) is 8.21. The Balaban J connectivity index is 1.52. The van der Waals surface area contributed by atoms with Gasteiger partial charge in [0.2, 0.25) is 0 Å². The number of carbonyl (C=O) groups is 4. The fraction of sp³-hybridized carbons (Fsp3) is 0.385. The molecule has 2 aromatic carbocycles. The Bertz CT molecular complexity index is 1220. The number of ketones is 1. The molecular formula is C26H24Cl2N2O4. The molecule has 0 unspecified atom stereocenters. The Morgan fingerprint density at radius 1 is 0.941 bits per heavy atom. The van der Waals surface area contributed by atoms with Crippen molar-refractivity contribution in [1.29, 1.82) is 0 Å². The summed E-state index contributed by atoms with van der Waals surface area (Å²) in [6.45, 7) is 3.39. The van der Waals surface area contributed by atoms with Crippen molar-refractivity contribution in [1.82, 2.24) is 10.0 Å². The SMILES string of the molecule is Cc1ccc(C(=O)CN(C(=O)c2ccc(Cl)cc2Cl)N2C(=O)[C@H]3[C@H]4CC[C@@H](C4)[C@@H]3C2=O)cc1C. The average molecular weight is 499 g/mol. The number of nitrogens with zero attached hydrogens (tertiary/aromatic N) is 2. The van der Waals surface area contributed by atoms with Crippen molar-refractivity contribution in [3.63, 3.8) is 0 Å². The number of Topliss-reactive ketones (excluding diaryl/α,β-unsaturated/α-hetero) is 1. The van der Waals surface area contributed by atoms with Gasteiger partial charge in [-0.05, 0) is 80.3 Å². The minimum atomic E-state index is -0.687. The van der Waals surface area contributed by atoms with E-state index in [9.17, 15) is 19.2 Å². The quantitative estimate of drug-likeness (QED) is 0.434. The molecule has 0 N–H and O–H groups in total. The van der Waals surface area contributed by atoms with E-state index in [0.717, 1.165) is 40.4 Å². The number of aryl methyl sites for hydroxylation is 2. The van der Waals surface area contributed by atoms with Crippen LogP contribution in [0.5, 0.6) is 0 Å². The van der Waals surface area contributed by atoms with E-state index in [1.54, 1.807) is 12.1 Å². The van der Waals surface area contributed by atoms with E-state index in [0.29, 0.717) is 10.6 Å². The van der Waals surface area contributed by atoms with Gasteiger partial charge < -0.3 is 0 Å². The third kappa shape index (κ3) is 3.64. The minimum Gasteiger partial charge on any atom is -0.292 e. The lowest BCUT2D eigenvalue weighted by Gasteiger charge is -2.31. The molecule has 3 aliphatic rings. The lowest BCUT2D eigenvalue weighted by Crippen LogP contribution is -2.52. The Morgan fingerprint density at radius 2 is 1.59 bits per heavy atom. The average Bonchev–Trinajstić information content (AvgIpc) is 3.47. The predicted octanol–water partition coefficient (Wildman–Crippen LogP) is 4.88. The molecule has 0 spiro atoms. The highest BCUT2D eigenvalue weighted by Gasteiger charge is 2.62. The van der Waals surface area contributed by atoms with E-state index in [-0.39, 0.29) is 28.2 Å². The highest BCUT2D eigenvalue weighted by Crippen LogP contribution is 2.56. The van der Waals surface area contributed by atoms with Crippen molar-refractivity contribution < 1.29 is 19.2 Å². The predicted molar refractivity (Wildman–Crippen MR) is 127 cm³/mol. The van der Waals surface area contributed by atoms with Gasteiger partial charge in [-0.15, -0.1) is 0 Å². The van der Waals surface area contributed by atoms with Crippen LogP contribution < -0.4 is 0 Å². The Morgan fingerprint density at radius 3 is 2.18 bits per heavy atom. The number of benzene rings is 2. The van der Waals surface area contributed by atoms with Gasteiger partial charge in [-0.1, -0.05) is 35.3 Å². The first-order chi connectivity index (χ1) is 16.2. The van der Waals surface area contributed by atoms with Crippen molar-refractivity contribution >= 4 is 46.7 Å². The van der Waals surface area contributed by atoms with E-state index in [1.165, 1.54) is 18.2 Å². The molecule has 2 aliphatic carbocycles. The molecule has 176 valence electrons. The van der Waals surface area contributed by atoms with E-state index >= 15 is 0 Å². The van der Waals surface area contributed by atoms with Gasteiger partial charge in [-0.25, -0.2) is 5.01 Å². The maximum atomic E-state index is 13.6. The van der Waals surface area contributed by atoms with Gasteiger partial charge in [0.1, 0.15) is 6.54 Å². The van der Waals surface area contributed by atoms with Crippen molar-refractivity contribution in [2.24, 2.45) is 23.7 Å². The molecule has 3 amide bonds. The Hall–Kier alpha value is -2.70. The summed E-state index contributed by atoms with van der Waals surface area (Å²) in [7, 11) is 0. The molecule has 5 rings (SSSR count). The standard InChI is InChI=1S/C26H24Cl2N2O4/c1-13-3-4-15(9-14(13)2)21(31)12-29(24(32)19-8-7-18(27)11-20(19)28)30-25(33)22-16-5-6-17(10-16)23(22)26(30)34/h3-4,7-9,11,16-17,22-23H,5-6,10,12H2,1-2H3/t16-,17-,22-,23-/m0/s1. The largest absolute Gasteiger partial charge is 0.292 e. The fourth-order valence-electron chi connectivity index (χ4n) is 5.81. The van der Waals surface area contributed by atoms with Crippen LogP contribution >= 0.6 is 23.2 Å². The molecule has 1 aliphatic heterocycles. The van der Waals surface area contributed by atoms with E-state index in [4.69, 9.17) is 23.2 Å². The number of amides is 3. The highest BCUT2D eigenvalue weighted by atomic mass is 35.5. The van der Waals surface area contributed by atoms with Crippen molar-refractivity contribution in [2.75, 3.05) is 6.54 Å². The summed E-state index contributed by atoms with van der Waals surface area (Å²) in [5.41, 5.74) is 2.44. The van der Waals surface area contributed by atoms with Gasteiger partial charge in [0.25, 0.3) is 17.7 Å². The van der Waals surface area contributed by atoms with Crippen LogP contribution in [-0.4, -0.2) is 40.1 Å². The summed E-state index contributed by atoms with van der Waals surface area (Å²) in [6.07, 6.45) is 2.70. The van der Waals surface area contributed by atoms with Crippen molar-refractivity contribution in [3.8, 4) is 0 Å². The number of hydrazine groups is 1. The van der Waals surface area contributed by atoms with Crippen LogP contribution in [0.1, 0.15) is 51.1 Å². The maximum absolute atomic E-state index is 13.6. The lowest BCUT2D eigenvalue weighted by molar-refractivity contribution is -0.154. The summed E-state index contributed by atoms with van der Waals surface area (Å²) >= 11 is 12.3. The summed E-state index contributed by atoms with van der Waals surface area (Å²) in [6, 6.07) is 9.63. The smallest absolute Gasteiger partial charge is 0.274 e. The van der Waals surface area contributed by atoms with Gasteiger partial charge in [0.15, 0.2) is 5.78 Å². The van der Waals surface area contributed by atoms with Crippen LogP contribution in [0.3, 0.4) is 0 Å². The maximum Gasteiger partial charge on any atom is 0.274 e. The first kappa shape index (κ1) is 23.1. The lowest BCUT2D eigenvalue weighted by atomic mass is 9.81. The molecule has 2 aromatic rings. The second kappa shape index (κ2) is 8.51. The molecule has 2 saturated carbocycles. The number of carbonyl (C=O) groups excluding carboxylic acids is 4. The van der Waals surface area contributed by atoms with E-state index in [1.807, 2.05) is 19.9 Å². The van der Waals surface area contributed by atoms with Crippen molar-refractivity contribution in [2.45, 2.75) is 33.1 Å². The van der Waals surface area contributed by atoms with Gasteiger partial charge in [-0.2, -0.15) is 5.01 Å². The Kier molecular flexibility index (Phi) is 5.77. The molecule has 8 heteroatoms. The highest BCUT2D eigenvalue weighted by molar-refractivity contribution is 6.36. The number of halogens is 2. The Labute approximate surface area is 207 Å². The second-order valence-corrected chi connectivity index (χ2v) is 10.4. The van der Waals surface area contributed by atoms with Crippen LogP contribution in [0.15, 0.2) is 36.4 Å². The molecule has 1 saturated heterocycles. The topological polar surface area (TPSA) is 74.8 Å². The summed E-state index contributed by atoms with van der Waals surface area (Å²) in [5.74, 6) is -2.37. The molecule has 1 heterocycles. The van der Waals surface area contributed by atoms with Gasteiger partial charge >= 0.3 is 0 Å². The van der Waals surface area contributed by atoms with E-state index in [2.05, 4.69) is 0 Å². The number of rotatable bonds is 5.